The highest BCUT2D eigenvalue weighted by molar-refractivity contribution is 7.91. The maximum atomic E-state index is 12.3. The molecule has 0 heterocycles. The Balaban J connectivity index is 2.81. The molecule has 1 aromatic rings. The van der Waals surface area contributed by atoms with Crippen molar-refractivity contribution in [1.29, 1.82) is 0 Å². The second-order valence-electron chi connectivity index (χ2n) is 4.52. The Kier molecular flexibility index (Phi) is 4.80. The minimum Gasteiger partial charge on any atom is -0.348 e. The normalized spacial score (nSPS) is 12.2. The van der Waals surface area contributed by atoms with Gasteiger partial charge in [0.1, 0.15) is 5.75 Å². The van der Waals surface area contributed by atoms with Crippen LogP contribution in [0.25, 0.3) is 0 Å². The summed E-state index contributed by atoms with van der Waals surface area (Å²) in [4.78, 5) is 12.5. The number of halogens is 3. The standard InChI is InChI=1S/C12H14F3NO3S/c1-16(2)11(17)8-20(18,19)7-9-3-5-10(6-4-9)12(13,14)15/h3-6H,7-8H2,1-2H3. The van der Waals surface area contributed by atoms with Gasteiger partial charge in [0.2, 0.25) is 5.91 Å². The predicted molar refractivity (Wildman–Crippen MR) is 67.6 cm³/mol. The molecule has 0 radical (unpaired) electrons. The number of hydrogen-bond donors (Lipinski definition) is 0. The maximum Gasteiger partial charge on any atom is 0.416 e. The van der Waals surface area contributed by atoms with Crippen molar-refractivity contribution in [1.82, 2.24) is 4.90 Å². The van der Waals surface area contributed by atoms with Crippen LogP contribution in [0.3, 0.4) is 0 Å². The second-order valence-corrected chi connectivity index (χ2v) is 6.58. The molecule has 0 spiro atoms. The average Bonchev–Trinajstić information content (AvgIpc) is 2.26. The van der Waals surface area contributed by atoms with Gasteiger partial charge in [-0.2, -0.15) is 13.2 Å². The van der Waals surface area contributed by atoms with Gasteiger partial charge in [0.15, 0.2) is 9.84 Å². The van der Waals surface area contributed by atoms with Gasteiger partial charge in [0.05, 0.1) is 11.3 Å². The number of nitrogens with zero attached hydrogens (tertiary/aromatic N) is 1. The number of alkyl halides is 3. The third-order valence-electron chi connectivity index (χ3n) is 2.51. The second kappa shape index (κ2) is 5.82. The number of carbonyl (C=O) groups is 1. The van der Waals surface area contributed by atoms with E-state index >= 15 is 0 Å². The summed E-state index contributed by atoms with van der Waals surface area (Å²) >= 11 is 0. The number of benzene rings is 1. The highest BCUT2D eigenvalue weighted by Gasteiger charge is 2.30. The topological polar surface area (TPSA) is 54.5 Å². The van der Waals surface area contributed by atoms with Gasteiger partial charge in [-0.05, 0) is 17.7 Å². The Morgan fingerprint density at radius 3 is 2.05 bits per heavy atom. The van der Waals surface area contributed by atoms with Gasteiger partial charge in [-0.1, -0.05) is 12.1 Å². The number of sulfone groups is 1. The smallest absolute Gasteiger partial charge is 0.348 e. The molecule has 0 saturated carbocycles. The molecule has 8 heteroatoms. The molecule has 0 unspecified atom stereocenters. The maximum absolute atomic E-state index is 12.3. The predicted octanol–water partition coefficient (Wildman–Crippen LogP) is 1.71. The quantitative estimate of drug-likeness (QED) is 0.851. The van der Waals surface area contributed by atoms with E-state index in [-0.39, 0.29) is 5.56 Å². The molecule has 0 aliphatic heterocycles. The van der Waals surface area contributed by atoms with Gasteiger partial charge < -0.3 is 4.90 Å². The zero-order valence-electron chi connectivity index (χ0n) is 10.9. The zero-order chi connectivity index (χ0) is 15.6. The van der Waals surface area contributed by atoms with Crippen molar-refractivity contribution in [3.05, 3.63) is 35.4 Å². The lowest BCUT2D eigenvalue weighted by Gasteiger charge is -2.11. The monoisotopic (exact) mass is 309 g/mol. The Hall–Kier alpha value is -1.57. The highest BCUT2D eigenvalue weighted by Crippen LogP contribution is 2.29. The van der Waals surface area contributed by atoms with E-state index < -0.39 is 39.0 Å². The minimum atomic E-state index is -4.46. The van der Waals surface area contributed by atoms with E-state index in [4.69, 9.17) is 0 Å². The molecule has 0 atom stereocenters. The number of amides is 1. The summed E-state index contributed by atoms with van der Waals surface area (Å²) in [6, 6.07) is 3.83. The molecule has 0 N–H and O–H groups in total. The molecule has 0 bridgehead atoms. The summed E-state index contributed by atoms with van der Waals surface area (Å²) in [6.45, 7) is 0. The minimum absolute atomic E-state index is 0.213. The summed E-state index contributed by atoms with van der Waals surface area (Å²) in [5.41, 5.74) is -0.632. The Labute approximate surface area is 115 Å². The summed E-state index contributed by atoms with van der Waals surface area (Å²) in [7, 11) is -0.847. The molecule has 0 saturated heterocycles. The lowest BCUT2D eigenvalue weighted by atomic mass is 10.1. The first-order valence-electron chi connectivity index (χ1n) is 5.58. The van der Waals surface area contributed by atoms with Gasteiger partial charge >= 0.3 is 6.18 Å². The van der Waals surface area contributed by atoms with E-state index in [2.05, 4.69) is 0 Å². The Morgan fingerprint density at radius 1 is 1.15 bits per heavy atom. The fraction of sp³-hybridized carbons (Fsp3) is 0.417. The molecular weight excluding hydrogens is 295 g/mol. The number of hydrogen-bond acceptors (Lipinski definition) is 3. The van der Waals surface area contributed by atoms with Gasteiger partial charge in [0.25, 0.3) is 0 Å². The number of carbonyl (C=O) groups excluding carboxylic acids is 1. The van der Waals surface area contributed by atoms with Crippen LogP contribution in [-0.2, 0) is 26.6 Å². The van der Waals surface area contributed by atoms with Crippen LogP contribution in [0.1, 0.15) is 11.1 Å². The van der Waals surface area contributed by atoms with Crippen LogP contribution in [0, 0.1) is 0 Å². The largest absolute Gasteiger partial charge is 0.416 e. The molecule has 0 aromatic heterocycles. The summed E-state index contributed by atoms with van der Waals surface area (Å²) in [5, 5.41) is 0. The third kappa shape index (κ3) is 4.84. The molecule has 0 fully saturated rings. The Bertz CT molecular complexity index is 577. The summed E-state index contributed by atoms with van der Waals surface area (Å²) < 4.78 is 60.5. The molecule has 20 heavy (non-hydrogen) atoms. The molecule has 0 aliphatic rings. The van der Waals surface area contributed by atoms with E-state index in [1.54, 1.807) is 0 Å². The molecule has 0 aliphatic carbocycles. The zero-order valence-corrected chi connectivity index (χ0v) is 11.8. The first-order valence-corrected chi connectivity index (χ1v) is 7.40. The van der Waals surface area contributed by atoms with Crippen LogP contribution >= 0.6 is 0 Å². The van der Waals surface area contributed by atoms with Crippen LogP contribution in [0.15, 0.2) is 24.3 Å². The van der Waals surface area contributed by atoms with Crippen LogP contribution in [0.4, 0.5) is 13.2 Å². The average molecular weight is 309 g/mol. The van der Waals surface area contributed by atoms with Crippen LogP contribution in [0.5, 0.6) is 0 Å². The van der Waals surface area contributed by atoms with Crippen molar-refractivity contribution >= 4 is 15.7 Å². The van der Waals surface area contributed by atoms with Crippen molar-refractivity contribution in [2.45, 2.75) is 11.9 Å². The fourth-order valence-corrected chi connectivity index (χ4v) is 2.85. The van der Waals surface area contributed by atoms with Crippen LogP contribution in [0.2, 0.25) is 0 Å². The first kappa shape index (κ1) is 16.5. The lowest BCUT2D eigenvalue weighted by Crippen LogP contribution is -2.29. The van der Waals surface area contributed by atoms with E-state index in [1.165, 1.54) is 14.1 Å². The summed E-state index contributed by atoms with van der Waals surface area (Å²) in [5.74, 6) is -1.71. The van der Waals surface area contributed by atoms with Gasteiger partial charge in [-0.3, -0.25) is 4.79 Å². The van der Waals surface area contributed by atoms with Gasteiger partial charge in [-0.15, -0.1) is 0 Å². The van der Waals surface area contributed by atoms with E-state index in [9.17, 15) is 26.4 Å². The van der Waals surface area contributed by atoms with Crippen LogP contribution in [-0.4, -0.2) is 39.1 Å². The first-order chi connectivity index (χ1) is 9.01. The molecule has 1 rings (SSSR count). The number of rotatable bonds is 4. The molecular formula is C12H14F3NO3S. The highest BCUT2D eigenvalue weighted by atomic mass is 32.2. The molecule has 112 valence electrons. The SMILES string of the molecule is CN(C)C(=O)CS(=O)(=O)Cc1ccc(C(F)(F)F)cc1. The third-order valence-corrected chi connectivity index (χ3v) is 3.97. The molecule has 4 nitrogen and oxygen atoms in total. The van der Waals surface area contributed by atoms with Gasteiger partial charge in [-0.25, -0.2) is 8.42 Å². The van der Waals surface area contributed by atoms with Crippen LogP contribution < -0.4 is 0 Å². The summed E-state index contributed by atoms with van der Waals surface area (Å²) in [6.07, 6.45) is -4.46. The Morgan fingerprint density at radius 2 is 1.65 bits per heavy atom. The van der Waals surface area contributed by atoms with Crippen molar-refractivity contribution in [3.8, 4) is 0 Å². The lowest BCUT2D eigenvalue weighted by molar-refractivity contribution is -0.137. The van der Waals surface area contributed by atoms with Crippen molar-refractivity contribution in [3.63, 3.8) is 0 Å². The van der Waals surface area contributed by atoms with Gasteiger partial charge in [0, 0.05) is 14.1 Å². The van der Waals surface area contributed by atoms with Crippen molar-refractivity contribution in [2.75, 3.05) is 19.8 Å². The molecule has 1 amide bonds. The van der Waals surface area contributed by atoms with Crippen molar-refractivity contribution < 1.29 is 26.4 Å². The van der Waals surface area contributed by atoms with E-state index in [0.717, 1.165) is 29.2 Å². The fourth-order valence-electron chi connectivity index (χ4n) is 1.41. The molecule has 1 aromatic carbocycles. The van der Waals surface area contributed by atoms with Crippen molar-refractivity contribution in [2.24, 2.45) is 0 Å². The van der Waals surface area contributed by atoms with E-state index in [0.29, 0.717) is 0 Å². The van der Waals surface area contributed by atoms with E-state index in [1.807, 2.05) is 0 Å².